The third-order valence-corrected chi connectivity index (χ3v) is 5.27. The van der Waals surface area contributed by atoms with Crippen molar-refractivity contribution in [2.75, 3.05) is 39.8 Å². The van der Waals surface area contributed by atoms with E-state index in [2.05, 4.69) is 42.9 Å². The molecule has 0 aromatic carbocycles. The predicted molar refractivity (Wildman–Crippen MR) is 82.6 cm³/mol. The Labute approximate surface area is 119 Å². The molecule has 1 saturated carbocycles. The van der Waals surface area contributed by atoms with Gasteiger partial charge in [-0.1, -0.05) is 27.2 Å². The fourth-order valence-corrected chi connectivity index (χ4v) is 4.22. The summed E-state index contributed by atoms with van der Waals surface area (Å²) in [5, 5.41) is 3.62. The Morgan fingerprint density at radius 1 is 1.16 bits per heavy atom. The van der Waals surface area contributed by atoms with Gasteiger partial charge in [-0.3, -0.25) is 4.90 Å². The highest BCUT2D eigenvalue weighted by Crippen LogP contribution is 2.37. The van der Waals surface area contributed by atoms with Gasteiger partial charge >= 0.3 is 0 Å². The van der Waals surface area contributed by atoms with E-state index in [-0.39, 0.29) is 0 Å². The van der Waals surface area contributed by atoms with Crippen molar-refractivity contribution in [2.24, 2.45) is 5.41 Å². The van der Waals surface area contributed by atoms with E-state index in [4.69, 9.17) is 0 Å². The molecule has 1 aliphatic heterocycles. The molecule has 1 N–H and O–H groups in total. The molecule has 2 atom stereocenters. The molecule has 3 nitrogen and oxygen atoms in total. The summed E-state index contributed by atoms with van der Waals surface area (Å²) in [5.74, 6) is 0. The van der Waals surface area contributed by atoms with Gasteiger partial charge in [0, 0.05) is 38.3 Å². The molecule has 0 aromatic rings. The average Bonchev–Trinajstić information content (AvgIpc) is 2.39. The summed E-state index contributed by atoms with van der Waals surface area (Å²) in [7, 11) is 2.15. The predicted octanol–water partition coefficient (Wildman–Crippen LogP) is 2.18. The van der Waals surface area contributed by atoms with Crippen LogP contribution in [0.15, 0.2) is 0 Å². The lowest BCUT2D eigenvalue weighted by atomic mass is 9.70. The lowest BCUT2D eigenvalue weighted by Gasteiger charge is -2.50. The number of rotatable bonds is 4. The molecule has 0 aromatic heterocycles. The van der Waals surface area contributed by atoms with Gasteiger partial charge in [-0.05, 0) is 38.3 Å². The molecule has 0 radical (unpaired) electrons. The molecule has 3 heteroatoms. The minimum absolute atomic E-state index is 0.443. The van der Waals surface area contributed by atoms with Crippen molar-refractivity contribution in [1.82, 2.24) is 15.1 Å². The van der Waals surface area contributed by atoms with Crippen LogP contribution in [0, 0.1) is 5.41 Å². The maximum Gasteiger partial charge on any atom is 0.0271 e. The molecule has 2 fully saturated rings. The molecule has 0 spiro atoms. The number of hydrogen-bond donors (Lipinski definition) is 1. The Kier molecular flexibility index (Phi) is 5.27. The van der Waals surface area contributed by atoms with Gasteiger partial charge in [0.1, 0.15) is 0 Å². The number of hydrogen-bond acceptors (Lipinski definition) is 3. The van der Waals surface area contributed by atoms with Gasteiger partial charge in [-0.15, -0.1) is 0 Å². The van der Waals surface area contributed by atoms with Crippen molar-refractivity contribution in [3.05, 3.63) is 0 Å². The van der Waals surface area contributed by atoms with Crippen molar-refractivity contribution in [2.45, 2.75) is 58.5 Å². The third-order valence-electron chi connectivity index (χ3n) is 5.27. The van der Waals surface area contributed by atoms with Crippen LogP contribution in [0.5, 0.6) is 0 Å². The van der Waals surface area contributed by atoms with Gasteiger partial charge in [-0.2, -0.15) is 0 Å². The van der Waals surface area contributed by atoms with Crippen molar-refractivity contribution in [3.8, 4) is 0 Å². The van der Waals surface area contributed by atoms with E-state index in [9.17, 15) is 0 Å². The maximum atomic E-state index is 3.62. The van der Waals surface area contributed by atoms with Gasteiger partial charge in [0.25, 0.3) is 0 Å². The summed E-state index contributed by atoms with van der Waals surface area (Å²) in [6.45, 7) is 13.5. The lowest BCUT2D eigenvalue weighted by Crippen LogP contribution is -2.61. The van der Waals surface area contributed by atoms with Crippen LogP contribution in [0.1, 0.15) is 46.5 Å². The SMILES string of the molecule is CCCN1CCN(C2CCCC(C)(C)C2NC)CC1. The molecule has 2 unspecified atom stereocenters. The van der Waals surface area contributed by atoms with Gasteiger partial charge in [0.05, 0.1) is 0 Å². The highest BCUT2D eigenvalue weighted by Gasteiger charge is 2.41. The Hall–Kier alpha value is -0.120. The minimum Gasteiger partial charge on any atom is -0.315 e. The minimum atomic E-state index is 0.443. The molecule has 2 aliphatic rings. The standard InChI is InChI=1S/C16H33N3/c1-5-9-18-10-12-19(13-11-18)14-7-6-8-16(2,3)15(14)17-4/h14-15,17H,5-13H2,1-4H3. The highest BCUT2D eigenvalue weighted by molar-refractivity contribution is 4.98. The first kappa shape index (κ1) is 15.3. The molecule has 1 heterocycles. The van der Waals surface area contributed by atoms with E-state index in [0.717, 1.165) is 6.04 Å². The van der Waals surface area contributed by atoms with E-state index in [0.29, 0.717) is 11.5 Å². The van der Waals surface area contributed by atoms with E-state index in [1.165, 1.54) is 58.4 Å². The van der Waals surface area contributed by atoms with Crippen LogP contribution >= 0.6 is 0 Å². The Morgan fingerprint density at radius 3 is 2.42 bits per heavy atom. The van der Waals surface area contributed by atoms with Gasteiger partial charge in [-0.25, -0.2) is 0 Å². The average molecular weight is 267 g/mol. The summed E-state index contributed by atoms with van der Waals surface area (Å²) >= 11 is 0. The van der Waals surface area contributed by atoms with E-state index in [1.54, 1.807) is 0 Å². The fourth-order valence-electron chi connectivity index (χ4n) is 4.22. The van der Waals surface area contributed by atoms with Crippen molar-refractivity contribution in [1.29, 1.82) is 0 Å². The number of nitrogens with zero attached hydrogens (tertiary/aromatic N) is 2. The molecule has 1 saturated heterocycles. The first-order valence-electron chi connectivity index (χ1n) is 8.22. The van der Waals surface area contributed by atoms with Crippen LogP contribution in [-0.4, -0.2) is 61.7 Å². The zero-order valence-electron chi connectivity index (χ0n) is 13.4. The van der Waals surface area contributed by atoms with Gasteiger partial charge < -0.3 is 10.2 Å². The Balaban J connectivity index is 1.94. The smallest absolute Gasteiger partial charge is 0.0271 e. The molecule has 2 rings (SSSR count). The van der Waals surface area contributed by atoms with Crippen LogP contribution < -0.4 is 5.32 Å². The summed E-state index contributed by atoms with van der Waals surface area (Å²) in [4.78, 5) is 5.38. The van der Waals surface area contributed by atoms with Crippen LogP contribution in [-0.2, 0) is 0 Å². The molecular weight excluding hydrogens is 234 g/mol. The van der Waals surface area contributed by atoms with Gasteiger partial charge in [0.15, 0.2) is 0 Å². The monoisotopic (exact) mass is 267 g/mol. The second-order valence-electron chi connectivity index (χ2n) is 7.09. The molecular formula is C16H33N3. The zero-order chi connectivity index (χ0) is 13.9. The molecule has 112 valence electrons. The summed E-state index contributed by atoms with van der Waals surface area (Å²) < 4.78 is 0. The van der Waals surface area contributed by atoms with Crippen molar-refractivity contribution >= 4 is 0 Å². The van der Waals surface area contributed by atoms with E-state index >= 15 is 0 Å². The third kappa shape index (κ3) is 3.50. The molecule has 1 aliphatic carbocycles. The molecule has 0 amide bonds. The molecule has 0 bridgehead atoms. The Morgan fingerprint density at radius 2 is 1.84 bits per heavy atom. The Bertz CT molecular complexity index is 269. The largest absolute Gasteiger partial charge is 0.315 e. The molecule has 19 heavy (non-hydrogen) atoms. The van der Waals surface area contributed by atoms with Crippen LogP contribution in [0.3, 0.4) is 0 Å². The van der Waals surface area contributed by atoms with Gasteiger partial charge in [0.2, 0.25) is 0 Å². The van der Waals surface area contributed by atoms with Crippen LogP contribution in [0.4, 0.5) is 0 Å². The summed E-state index contributed by atoms with van der Waals surface area (Å²) in [6.07, 6.45) is 5.42. The van der Waals surface area contributed by atoms with Crippen LogP contribution in [0.25, 0.3) is 0 Å². The first-order valence-corrected chi connectivity index (χ1v) is 8.22. The summed E-state index contributed by atoms with van der Waals surface area (Å²) in [6, 6.07) is 1.40. The highest BCUT2D eigenvalue weighted by atomic mass is 15.3. The van der Waals surface area contributed by atoms with E-state index < -0.39 is 0 Å². The quantitative estimate of drug-likeness (QED) is 0.842. The first-order chi connectivity index (χ1) is 9.08. The van der Waals surface area contributed by atoms with Crippen molar-refractivity contribution < 1.29 is 0 Å². The maximum absolute atomic E-state index is 3.62. The second-order valence-corrected chi connectivity index (χ2v) is 7.09. The second kappa shape index (κ2) is 6.55. The fraction of sp³-hybridized carbons (Fsp3) is 1.00. The lowest BCUT2D eigenvalue weighted by molar-refractivity contribution is 0.0210. The number of likely N-dealkylation sites (N-methyl/N-ethyl adjacent to an activating group) is 1. The normalized spacial score (nSPS) is 33.5. The van der Waals surface area contributed by atoms with Crippen molar-refractivity contribution in [3.63, 3.8) is 0 Å². The number of piperazine rings is 1. The van der Waals surface area contributed by atoms with E-state index in [1.807, 2.05) is 0 Å². The topological polar surface area (TPSA) is 18.5 Å². The summed E-state index contributed by atoms with van der Waals surface area (Å²) in [5.41, 5.74) is 0.443. The zero-order valence-corrected chi connectivity index (χ0v) is 13.4. The van der Waals surface area contributed by atoms with Crippen LogP contribution in [0.2, 0.25) is 0 Å². The number of nitrogens with one attached hydrogen (secondary N) is 1.